The van der Waals surface area contributed by atoms with Gasteiger partial charge in [0.15, 0.2) is 34.9 Å². The van der Waals surface area contributed by atoms with Gasteiger partial charge in [-0.2, -0.15) is 5.26 Å². The summed E-state index contributed by atoms with van der Waals surface area (Å²) >= 11 is 0. The monoisotopic (exact) mass is 842 g/mol. The Bertz CT molecular complexity index is 3330. The lowest BCUT2D eigenvalue weighted by atomic mass is 9.83. The summed E-state index contributed by atoms with van der Waals surface area (Å²) in [4.78, 5) is 30.9. The molecule has 0 bridgehead atoms. The Morgan fingerprint density at radius 3 is 1.37 bits per heavy atom. The van der Waals surface area contributed by atoms with E-state index in [1.165, 1.54) is 0 Å². The molecular formula is C57H46N8. The largest absolute Gasteiger partial charge is 0.308 e. The van der Waals surface area contributed by atoms with Crippen LogP contribution in [0.1, 0.15) is 58.2 Å². The molecule has 3 heterocycles. The molecule has 3 aromatic heterocycles. The van der Waals surface area contributed by atoms with Crippen molar-refractivity contribution in [3.63, 3.8) is 0 Å². The summed E-state index contributed by atoms with van der Waals surface area (Å²) in [5, 5.41) is 12.5. The fourth-order valence-corrected chi connectivity index (χ4v) is 8.69. The molecule has 0 aliphatic rings. The van der Waals surface area contributed by atoms with Gasteiger partial charge in [-0.25, -0.2) is 29.9 Å². The van der Waals surface area contributed by atoms with E-state index >= 15 is 0 Å². The van der Waals surface area contributed by atoms with Crippen LogP contribution in [0.25, 0.3) is 95.8 Å². The minimum atomic E-state index is -0.186. The molecule has 10 rings (SSSR count). The summed E-state index contributed by atoms with van der Waals surface area (Å²) in [6.07, 6.45) is 0. The third kappa shape index (κ3) is 7.72. The molecule has 0 radical (unpaired) electrons. The van der Waals surface area contributed by atoms with Gasteiger partial charge in [0.2, 0.25) is 0 Å². The average molecular weight is 843 g/mol. The Balaban J connectivity index is 1.21. The van der Waals surface area contributed by atoms with Crippen LogP contribution in [0.4, 0.5) is 0 Å². The van der Waals surface area contributed by atoms with E-state index in [1.807, 2.05) is 91.0 Å². The topological polar surface area (TPSA) is 106 Å². The minimum Gasteiger partial charge on any atom is -0.308 e. The molecule has 8 nitrogen and oxygen atoms in total. The van der Waals surface area contributed by atoms with Gasteiger partial charge in [-0.3, -0.25) is 0 Å². The molecule has 8 heteroatoms. The van der Waals surface area contributed by atoms with Crippen molar-refractivity contribution in [1.29, 1.82) is 5.26 Å². The van der Waals surface area contributed by atoms with Gasteiger partial charge in [-0.1, -0.05) is 169 Å². The average Bonchev–Trinajstić information content (AvgIpc) is 3.67. The predicted molar refractivity (Wildman–Crippen MR) is 262 cm³/mol. The first-order valence-corrected chi connectivity index (χ1v) is 21.9. The lowest BCUT2D eigenvalue weighted by molar-refractivity contribution is 0.591. The summed E-state index contributed by atoms with van der Waals surface area (Å²) in [6, 6.07) is 59.6. The lowest BCUT2D eigenvalue weighted by Gasteiger charge is -2.24. The van der Waals surface area contributed by atoms with Crippen LogP contribution in [-0.4, -0.2) is 34.5 Å². The number of aromatic nitrogens is 7. The van der Waals surface area contributed by atoms with E-state index in [4.69, 9.17) is 29.9 Å². The Labute approximate surface area is 379 Å². The van der Waals surface area contributed by atoms with Gasteiger partial charge in [0.05, 0.1) is 28.4 Å². The number of nitriles is 1. The second kappa shape index (κ2) is 16.2. The van der Waals surface area contributed by atoms with E-state index in [9.17, 15) is 5.26 Å². The van der Waals surface area contributed by atoms with E-state index in [0.29, 0.717) is 46.1 Å². The highest BCUT2D eigenvalue weighted by molar-refractivity contribution is 6.11. The van der Waals surface area contributed by atoms with Crippen molar-refractivity contribution in [2.45, 2.75) is 52.4 Å². The SMILES string of the molecule is CC(C)(C)c1ccccc1-c1nc(-c2cc(C#N)ccc2-n2c3ccccc3c3cc(-c4nc(-c5ccccc5)nc(-c5ccccc5)n4)ccc32)nc(-c2ccccc2C(C)(C)C)n1. The predicted octanol–water partition coefficient (Wildman–Crippen LogP) is 13.6. The number of hydrogen-bond donors (Lipinski definition) is 0. The number of nitrogens with zero attached hydrogens (tertiary/aromatic N) is 8. The molecule has 0 spiro atoms. The van der Waals surface area contributed by atoms with E-state index in [0.717, 1.165) is 66.4 Å². The van der Waals surface area contributed by atoms with E-state index in [2.05, 4.69) is 131 Å². The van der Waals surface area contributed by atoms with E-state index in [1.54, 1.807) is 0 Å². The maximum Gasteiger partial charge on any atom is 0.166 e. The maximum absolute atomic E-state index is 10.4. The van der Waals surface area contributed by atoms with Gasteiger partial charge >= 0.3 is 0 Å². The second-order valence-corrected chi connectivity index (χ2v) is 18.4. The highest BCUT2D eigenvalue weighted by atomic mass is 15.1. The highest BCUT2D eigenvalue weighted by Gasteiger charge is 2.26. The van der Waals surface area contributed by atoms with Crippen molar-refractivity contribution in [3.8, 4) is 80.1 Å². The number of hydrogen-bond acceptors (Lipinski definition) is 7. The number of para-hydroxylation sites is 1. The normalized spacial score (nSPS) is 11.8. The van der Waals surface area contributed by atoms with Crippen molar-refractivity contribution in [2.75, 3.05) is 0 Å². The Morgan fingerprint density at radius 1 is 0.385 bits per heavy atom. The third-order valence-corrected chi connectivity index (χ3v) is 11.8. The summed E-state index contributed by atoms with van der Waals surface area (Å²) in [5.74, 6) is 3.39. The zero-order valence-electron chi connectivity index (χ0n) is 37.2. The number of rotatable bonds is 7. The molecule has 0 aliphatic carbocycles. The van der Waals surface area contributed by atoms with Crippen LogP contribution in [0, 0.1) is 11.3 Å². The number of benzene rings is 7. The molecule has 7 aromatic carbocycles. The van der Waals surface area contributed by atoms with Crippen LogP contribution in [0.5, 0.6) is 0 Å². The van der Waals surface area contributed by atoms with Crippen molar-refractivity contribution < 1.29 is 0 Å². The van der Waals surface area contributed by atoms with Crippen molar-refractivity contribution in [1.82, 2.24) is 34.5 Å². The standard InChI is InChI=1S/C57H46N8/c1-56(2,3)45-26-16-13-24-41(45)53-62-54(42-25-14-17-27-46(42)57(4,5)6)64-55(63-53)44-33-36(35-58)29-31-49(44)65-47-28-18-15-23-40(47)43-34-39(30-32-48(43)65)52-60-50(37-19-9-7-10-20-37)59-51(61-52)38-21-11-8-12-22-38/h7-34H,1-6H3. The van der Waals surface area contributed by atoms with Crippen LogP contribution in [0.3, 0.4) is 0 Å². The molecule has 0 saturated heterocycles. The minimum absolute atomic E-state index is 0.186. The summed E-state index contributed by atoms with van der Waals surface area (Å²) in [7, 11) is 0. The molecule has 0 unspecified atom stereocenters. The molecule has 314 valence electrons. The molecule has 0 saturated carbocycles. The molecule has 0 N–H and O–H groups in total. The fraction of sp³-hybridized carbons (Fsp3) is 0.140. The zero-order valence-corrected chi connectivity index (χ0v) is 37.2. The molecule has 0 amide bonds. The Kier molecular flexibility index (Phi) is 10.2. The first-order valence-electron chi connectivity index (χ1n) is 21.9. The van der Waals surface area contributed by atoms with Crippen molar-refractivity contribution in [2.24, 2.45) is 0 Å². The summed E-state index contributed by atoms with van der Waals surface area (Å²) in [6.45, 7) is 13.2. The van der Waals surface area contributed by atoms with Crippen LogP contribution in [0.15, 0.2) is 170 Å². The Hall–Kier alpha value is -8.15. The van der Waals surface area contributed by atoms with Crippen LogP contribution < -0.4 is 0 Å². The van der Waals surface area contributed by atoms with Crippen molar-refractivity contribution in [3.05, 3.63) is 187 Å². The zero-order chi connectivity index (χ0) is 44.9. The van der Waals surface area contributed by atoms with Crippen LogP contribution in [0.2, 0.25) is 0 Å². The second-order valence-electron chi connectivity index (χ2n) is 18.4. The van der Waals surface area contributed by atoms with Crippen molar-refractivity contribution >= 4 is 21.8 Å². The van der Waals surface area contributed by atoms with Crippen LogP contribution >= 0.6 is 0 Å². The molecule has 10 aromatic rings. The van der Waals surface area contributed by atoms with Gasteiger partial charge in [0.25, 0.3) is 0 Å². The third-order valence-electron chi connectivity index (χ3n) is 11.8. The molecule has 65 heavy (non-hydrogen) atoms. The van der Waals surface area contributed by atoms with Gasteiger partial charge < -0.3 is 4.57 Å². The maximum atomic E-state index is 10.4. The lowest BCUT2D eigenvalue weighted by Crippen LogP contribution is -2.15. The molecule has 0 aliphatic heterocycles. The van der Waals surface area contributed by atoms with Gasteiger partial charge in [-0.15, -0.1) is 0 Å². The van der Waals surface area contributed by atoms with Crippen LogP contribution in [-0.2, 0) is 10.8 Å². The summed E-state index contributed by atoms with van der Waals surface area (Å²) < 4.78 is 2.25. The van der Waals surface area contributed by atoms with E-state index < -0.39 is 0 Å². The Morgan fingerprint density at radius 2 is 0.831 bits per heavy atom. The quantitative estimate of drug-likeness (QED) is 0.157. The number of fused-ring (bicyclic) bond motifs is 3. The fourth-order valence-electron chi connectivity index (χ4n) is 8.69. The summed E-state index contributed by atoms with van der Waals surface area (Å²) in [5.41, 5.74) is 10.4. The van der Waals surface area contributed by atoms with E-state index in [-0.39, 0.29) is 10.8 Å². The molecule has 0 atom stereocenters. The van der Waals surface area contributed by atoms with Gasteiger partial charge in [0, 0.05) is 44.2 Å². The van der Waals surface area contributed by atoms with Gasteiger partial charge in [-0.05, 0) is 64.4 Å². The molecular weight excluding hydrogens is 797 g/mol. The smallest absolute Gasteiger partial charge is 0.166 e. The van der Waals surface area contributed by atoms with Gasteiger partial charge in [0.1, 0.15) is 0 Å². The first-order chi connectivity index (χ1) is 31.4. The molecule has 0 fully saturated rings. The first kappa shape index (κ1) is 40.9. The highest BCUT2D eigenvalue weighted by Crippen LogP contribution is 2.40.